The van der Waals surface area contributed by atoms with E-state index in [-0.39, 0.29) is 11.9 Å². The molecule has 0 bridgehead atoms. The molecule has 3 amide bonds. The summed E-state index contributed by atoms with van der Waals surface area (Å²) in [6, 6.07) is 11.7. The summed E-state index contributed by atoms with van der Waals surface area (Å²) in [7, 11) is 1.58. The van der Waals surface area contributed by atoms with E-state index < -0.39 is 6.03 Å². The number of carbonyl (C=O) groups excluding carboxylic acids is 2. The number of nitrogens with two attached hydrogens (primary N) is 1. The van der Waals surface area contributed by atoms with Crippen molar-refractivity contribution in [1.29, 1.82) is 0 Å². The van der Waals surface area contributed by atoms with Gasteiger partial charge in [-0.1, -0.05) is 18.2 Å². The fraction of sp³-hybridized carbons (Fsp3) is 0.222. The Labute approximate surface area is 141 Å². The molecular weight excluding hydrogens is 306 g/mol. The first-order valence-electron chi connectivity index (χ1n) is 7.52. The summed E-state index contributed by atoms with van der Waals surface area (Å²) in [6.45, 7) is 3.81. The summed E-state index contributed by atoms with van der Waals surface area (Å²) >= 11 is 0. The molecular formula is C18H21N3O3. The molecule has 0 heterocycles. The van der Waals surface area contributed by atoms with Crippen molar-refractivity contribution in [2.24, 2.45) is 5.73 Å². The number of hydrogen-bond donors (Lipinski definition) is 3. The lowest BCUT2D eigenvalue weighted by Gasteiger charge is -2.15. The zero-order chi connectivity index (χ0) is 17.7. The number of hydrogen-bond acceptors (Lipinski definition) is 3. The van der Waals surface area contributed by atoms with Crippen LogP contribution in [0.1, 0.15) is 34.5 Å². The molecule has 126 valence electrons. The van der Waals surface area contributed by atoms with Gasteiger partial charge in [0, 0.05) is 11.3 Å². The molecule has 0 aromatic heterocycles. The van der Waals surface area contributed by atoms with Crippen LogP contribution in [0.4, 0.5) is 10.5 Å². The van der Waals surface area contributed by atoms with Gasteiger partial charge in [-0.25, -0.2) is 4.79 Å². The van der Waals surface area contributed by atoms with Gasteiger partial charge in [-0.3, -0.25) is 4.79 Å². The highest BCUT2D eigenvalue weighted by Gasteiger charge is 2.13. The molecule has 2 aromatic rings. The van der Waals surface area contributed by atoms with Crippen molar-refractivity contribution >= 4 is 17.6 Å². The predicted molar refractivity (Wildman–Crippen MR) is 93.3 cm³/mol. The van der Waals surface area contributed by atoms with E-state index in [1.54, 1.807) is 31.4 Å². The molecule has 4 N–H and O–H groups in total. The van der Waals surface area contributed by atoms with Gasteiger partial charge in [0.1, 0.15) is 5.75 Å². The number of carbonyl (C=O) groups is 2. The highest BCUT2D eigenvalue weighted by molar-refractivity contribution is 5.95. The lowest BCUT2D eigenvalue weighted by atomic mass is 10.1. The first-order chi connectivity index (χ1) is 11.4. The second-order valence-electron chi connectivity index (χ2n) is 5.49. The van der Waals surface area contributed by atoms with Gasteiger partial charge in [0.25, 0.3) is 5.91 Å². The number of methoxy groups -OCH3 is 1. The van der Waals surface area contributed by atoms with Crippen molar-refractivity contribution in [2.75, 3.05) is 12.4 Å². The van der Waals surface area contributed by atoms with Gasteiger partial charge in [-0.15, -0.1) is 0 Å². The van der Waals surface area contributed by atoms with Crippen LogP contribution in [0.2, 0.25) is 0 Å². The van der Waals surface area contributed by atoms with Crippen LogP contribution in [-0.2, 0) is 0 Å². The molecule has 0 saturated carbocycles. The molecule has 6 nitrogen and oxygen atoms in total. The van der Waals surface area contributed by atoms with E-state index in [0.717, 1.165) is 11.1 Å². The Morgan fingerprint density at radius 2 is 1.79 bits per heavy atom. The molecule has 0 fully saturated rings. The predicted octanol–water partition coefficient (Wildman–Crippen LogP) is 2.99. The lowest BCUT2D eigenvalue weighted by molar-refractivity contribution is 0.0939. The molecule has 0 aliphatic rings. The van der Waals surface area contributed by atoms with Crippen LogP contribution in [0, 0.1) is 6.92 Å². The number of rotatable bonds is 5. The van der Waals surface area contributed by atoms with Crippen molar-refractivity contribution in [3.63, 3.8) is 0 Å². The number of nitrogens with one attached hydrogen (secondary N) is 2. The minimum atomic E-state index is -0.614. The van der Waals surface area contributed by atoms with Gasteiger partial charge in [0.15, 0.2) is 0 Å². The van der Waals surface area contributed by atoms with Crippen LogP contribution in [0.3, 0.4) is 0 Å². The van der Waals surface area contributed by atoms with Gasteiger partial charge in [0.05, 0.1) is 13.2 Å². The topological polar surface area (TPSA) is 93.4 Å². The van der Waals surface area contributed by atoms with E-state index in [1.165, 1.54) is 0 Å². The molecule has 0 unspecified atom stereocenters. The number of aryl methyl sites for hydroxylation is 1. The molecule has 2 rings (SSSR count). The van der Waals surface area contributed by atoms with Gasteiger partial charge < -0.3 is 21.1 Å². The summed E-state index contributed by atoms with van der Waals surface area (Å²) in [6.07, 6.45) is 0. The smallest absolute Gasteiger partial charge is 0.316 e. The number of benzene rings is 2. The SMILES string of the molecule is COc1cc(C(=O)N[C@H](C)c2ccc(NC(N)=O)cc2)ccc1C. The third-order valence-corrected chi connectivity index (χ3v) is 3.70. The summed E-state index contributed by atoms with van der Waals surface area (Å²) in [5, 5.41) is 5.43. The van der Waals surface area contributed by atoms with Crippen LogP contribution in [0.15, 0.2) is 42.5 Å². The molecule has 0 spiro atoms. The Bertz CT molecular complexity index is 742. The highest BCUT2D eigenvalue weighted by atomic mass is 16.5. The summed E-state index contributed by atoms with van der Waals surface area (Å²) in [5.74, 6) is 0.498. The van der Waals surface area contributed by atoms with Gasteiger partial charge >= 0.3 is 6.03 Å². The third-order valence-electron chi connectivity index (χ3n) is 3.70. The molecule has 0 saturated heterocycles. The minimum Gasteiger partial charge on any atom is -0.496 e. The molecule has 0 aliphatic heterocycles. The second kappa shape index (κ2) is 7.50. The largest absolute Gasteiger partial charge is 0.496 e. The normalized spacial score (nSPS) is 11.5. The summed E-state index contributed by atoms with van der Waals surface area (Å²) in [4.78, 5) is 23.2. The van der Waals surface area contributed by atoms with Crippen molar-refractivity contribution < 1.29 is 14.3 Å². The fourth-order valence-electron chi connectivity index (χ4n) is 2.32. The number of urea groups is 1. The van der Waals surface area contributed by atoms with E-state index in [2.05, 4.69) is 10.6 Å². The highest BCUT2D eigenvalue weighted by Crippen LogP contribution is 2.20. The van der Waals surface area contributed by atoms with E-state index >= 15 is 0 Å². The number of primary amides is 1. The summed E-state index contributed by atoms with van der Waals surface area (Å²) in [5.41, 5.74) is 8.10. The van der Waals surface area contributed by atoms with Crippen LogP contribution < -0.4 is 21.1 Å². The summed E-state index contributed by atoms with van der Waals surface area (Å²) < 4.78 is 5.25. The van der Waals surface area contributed by atoms with Crippen LogP contribution in [0.25, 0.3) is 0 Å². The Balaban J connectivity index is 2.07. The first-order valence-corrected chi connectivity index (χ1v) is 7.52. The van der Waals surface area contributed by atoms with Gasteiger partial charge in [-0.2, -0.15) is 0 Å². The number of ether oxygens (including phenoxy) is 1. The maximum atomic E-state index is 12.4. The lowest BCUT2D eigenvalue weighted by Crippen LogP contribution is -2.26. The van der Waals surface area contributed by atoms with Crippen LogP contribution in [0.5, 0.6) is 5.75 Å². The Morgan fingerprint density at radius 3 is 2.38 bits per heavy atom. The molecule has 0 radical (unpaired) electrons. The van der Waals surface area contributed by atoms with Crippen molar-refractivity contribution in [3.8, 4) is 5.75 Å². The average Bonchev–Trinajstić information content (AvgIpc) is 2.55. The van der Waals surface area contributed by atoms with E-state index in [4.69, 9.17) is 10.5 Å². The van der Waals surface area contributed by atoms with Crippen molar-refractivity contribution in [3.05, 3.63) is 59.2 Å². The zero-order valence-electron chi connectivity index (χ0n) is 13.9. The van der Waals surface area contributed by atoms with Gasteiger partial charge in [0.2, 0.25) is 0 Å². The van der Waals surface area contributed by atoms with Gasteiger partial charge in [-0.05, 0) is 49.2 Å². The Kier molecular flexibility index (Phi) is 5.42. The van der Waals surface area contributed by atoms with Crippen LogP contribution >= 0.6 is 0 Å². The fourth-order valence-corrected chi connectivity index (χ4v) is 2.32. The van der Waals surface area contributed by atoms with E-state index in [1.807, 2.05) is 32.0 Å². The van der Waals surface area contributed by atoms with E-state index in [9.17, 15) is 9.59 Å². The third kappa shape index (κ3) is 4.25. The monoisotopic (exact) mass is 327 g/mol. The molecule has 2 aromatic carbocycles. The van der Waals surface area contributed by atoms with Crippen molar-refractivity contribution in [2.45, 2.75) is 19.9 Å². The quantitative estimate of drug-likeness (QED) is 0.788. The first kappa shape index (κ1) is 17.3. The van der Waals surface area contributed by atoms with E-state index in [0.29, 0.717) is 17.0 Å². The number of anilines is 1. The zero-order valence-corrected chi connectivity index (χ0v) is 13.9. The average molecular weight is 327 g/mol. The molecule has 1 atom stereocenters. The Hall–Kier alpha value is -3.02. The second-order valence-corrected chi connectivity index (χ2v) is 5.49. The maximum Gasteiger partial charge on any atom is 0.316 e. The standard InChI is InChI=1S/C18H21N3O3/c1-11-4-5-14(10-16(11)24-3)17(22)20-12(2)13-6-8-15(9-7-13)21-18(19)23/h4-10,12H,1-3H3,(H,20,22)(H3,19,21,23)/t12-/m1/s1. The molecule has 6 heteroatoms. The minimum absolute atomic E-state index is 0.180. The Morgan fingerprint density at radius 1 is 1.12 bits per heavy atom. The molecule has 0 aliphatic carbocycles. The van der Waals surface area contributed by atoms with Crippen LogP contribution in [-0.4, -0.2) is 19.0 Å². The number of amides is 3. The molecule has 24 heavy (non-hydrogen) atoms. The maximum absolute atomic E-state index is 12.4. The van der Waals surface area contributed by atoms with Crippen molar-refractivity contribution in [1.82, 2.24) is 5.32 Å².